The zero-order valence-corrected chi connectivity index (χ0v) is 17.8. The average molecular weight is 428 g/mol. The third kappa shape index (κ3) is 4.27. The lowest BCUT2D eigenvalue weighted by molar-refractivity contribution is -0.143. The summed E-state index contributed by atoms with van der Waals surface area (Å²) >= 11 is 0. The van der Waals surface area contributed by atoms with Gasteiger partial charge in [0.2, 0.25) is 5.91 Å². The van der Waals surface area contributed by atoms with Gasteiger partial charge in [0.15, 0.2) is 0 Å². The van der Waals surface area contributed by atoms with Gasteiger partial charge in [0.05, 0.1) is 5.69 Å². The van der Waals surface area contributed by atoms with E-state index in [0.29, 0.717) is 18.5 Å². The van der Waals surface area contributed by atoms with Gasteiger partial charge in [0, 0.05) is 24.8 Å². The van der Waals surface area contributed by atoms with Crippen LogP contribution in [0.5, 0.6) is 0 Å². The van der Waals surface area contributed by atoms with E-state index in [9.17, 15) is 14.4 Å². The fourth-order valence-corrected chi connectivity index (χ4v) is 4.06. The number of aryl methyl sites for hydroxylation is 3. The van der Waals surface area contributed by atoms with Crippen LogP contribution in [0.4, 0.5) is 10.5 Å². The summed E-state index contributed by atoms with van der Waals surface area (Å²) in [5.41, 5.74) is 1.95. The van der Waals surface area contributed by atoms with E-state index in [-0.39, 0.29) is 12.8 Å². The SMILES string of the molecule is Cc1cccc(N2C(=O)NC(=O)C(CCc3ccncc3)(CCc3ccncc3)C2=O)c1. The van der Waals surface area contributed by atoms with Gasteiger partial charge in [-0.1, -0.05) is 12.1 Å². The summed E-state index contributed by atoms with van der Waals surface area (Å²) in [6, 6.07) is 13.9. The molecule has 0 spiro atoms. The molecule has 4 amide bonds. The van der Waals surface area contributed by atoms with E-state index in [4.69, 9.17) is 0 Å². The molecule has 162 valence electrons. The highest BCUT2D eigenvalue weighted by Gasteiger charge is 2.53. The smallest absolute Gasteiger partial charge is 0.276 e. The molecule has 0 unspecified atom stereocenters. The largest absolute Gasteiger partial charge is 0.335 e. The van der Waals surface area contributed by atoms with E-state index in [1.807, 2.05) is 37.3 Å². The number of barbiturate groups is 1. The number of carbonyl (C=O) groups excluding carboxylic acids is 3. The number of benzene rings is 1. The quantitative estimate of drug-likeness (QED) is 0.580. The van der Waals surface area contributed by atoms with Gasteiger partial charge in [-0.2, -0.15) is 0 Å². The summed E-state index contributed by atoms with van der Waals surface area (Å²) in [7, 11) is 0. The molecule has 0 saturated carbocycles. The lowest BCUT2D eigenvalue weighted by Crippen LogP contribution is -2.64. The highest BCUT2D eigenvalue weighted by atomic mass is 16.2. The fourth-order valence-electron chi connectivity index (χ4n) is 4.06. The highest BCUT2D eigenvalue weighted by molar-refractivity contribution is 6.29. The van der Waals surface area contributed by atoms with Crippen LogP contribution < -0.4 is 10.2 Å². The minimum absolute atomic E-state index is 0.280. The standard InChI is InChI=1S/C25H24N4O3/c1-18-3-2-4-21(17-18)29-23(31)25(22(30)28-24(29)32,11-5-19-7-13-26-14-8-19)12-6-20-9-15-27-16-10-20/h2-4,7-10,13-17H,5-6,11-12H2,1H3,(H,28,30,32). The zero-order chi connectivity index (χ0) is 22.6. The third-order valence-electron chi connectivity index (χ3n) is 5.91. The van der Waals surface area contributed by atoms with Crippen molar-refractivity contribution in [3.05, 3.63) is 90.0 Å². The van der Waals surface area contributed by atoms with Gasteiger partial charge in [-0.25, -0.2) is 9.69 Å². The number of pyridine rings is 2. The first-order valence-electron chi connectivity index (χ1n) is 10.5. The molecule has 1 saturated heterocycles. The van der Waals surface area contributed by atoms with Crippen LogP contribution in [-0.2, 0) is 22.4 Å². The number of anilines is 1. The van der Waals surface area contributed by atoms with Crippen LogP contribution >= 0.6 is 0 Å². The Morgan fingerprint density at radius 1 is 0.844 bits per heavy atom. The minimum Gasteiger partial charge on any atom is -0.276 e. The lowest BCUT2D eigenvalue weighted by atomic mass is 9.74. The van der Waals surface area contributed by atoms with Crippen LogP contribution in [0, 0.1) is 12.3 Å². The van der Waals surface area contributed by atoms with Gasteiger partial charge in [0.1, 0.15) is 5.41 Å². The fraction of sp³-hybridized carbons (Fsp3) is 0.240. The Labute approximate surface area is 186 Å². The molecule has 1 aliphatic rings. The summed E-state index contributed by atoms with van der Waals surface area (Å²) in [5.74, 6) is -1.03. The van der Waals surface area contributed by atoms with Gasteiger partial charge in [-0.15, -0.1) is 0 Å². The second kappa shape index (κ2) is 9.09. The van der Waals surface area contributed by atoms with Crippen LogP contribution in [-0.4, -0.2) is 27.8 Å². The number of nitrogens with zero attached hydrogens (tertiary/aromatic N) is 3. The molecule has 7 nitrogen and oxygen atoms in total. The number of rotatable bonds is 7. The molecule has 0 bridgehead atoms. The number of nitrogens with one attached hydrogen (secondary N) is 1. The summed E-state index contributed by atoms with van der Waals surface area (Å²) < 4.78 is 0. The van der Waals surface area contributed by atoms with Crippen LogP contribution in [0.15, 0.2) is 73.3 Å². The molecule has 1 fully saturated rings. The summed E-state index contributed by atoms with van der Waals surface area (Å²) in [6.07, 6.45) is 8.32. The molecule has 7 heteroatoms. The molecule has 0 aliphatic carbocycles. The Balaban J connectivity index is 1.70. The van der Waals surface area contributed by atoms with Crippen molar-refractivity contribution in [3.63, 3.8) is 0 Å². The maximum Gasteiger partial charge on any atom is 0.335 e. The molecular weight excluding hydrogens is 404 g/mol. The number of aromatic nitrogens is 2. The molecule has 3 heterocycles. The number of imide groups is 2. The van der Waals surface area contributed by atoms with Crippen molar-refractivity contribution in [2.45, 2.75) is 32.6 Å². The van der Waals surface area contributed by atoms with Crippen LogP contribution in [0.3, 0.4) is 0 Å². The van der Waals surface area contributed by atoms with Crippen molar-refractivity contribution in [2.75, 3.05) is 4.90 Å². The van der Waals surface area contributed by atoms with Gasteiger partial charge < -0.3 is 0 Å². The van der Waals surface area contributed by atoms with Crippen molar-refractivity contribution in [3.8, 4) is 0 Å². The zero-order valence-electron chi connectivity index (χ0n) is 17.8. The first-order chi connectivity index (χ1) is 15.5. The first-order valence-corrected chi connectivity index (χ1v) is 10.5. The Morgan fingerprint density at radius 3 is 1.94 bits per heavy atom. The summed E-state index contributed by atoms with van der Waals surface area (Å²) in [4.78, 5) is 48.9. The normalized spacial score (nSPS) is 15.5. The first kappa shape index (κ1) is 21.4. The number of urea groups is 1. The van der Waals surface area contributed by atoms with Crippen molar-refractivity contribution in [2.24, 2.45) is 5.41 Å². The Kier molecular flexibility index (Phi) is 6.07. The van der Waals surface area contributed by atoms with E-state index in [1.165, 1.54) is 0 Å². The molecular formula is C25H24N4O3. The van der Waals surface area contributed by atoms with E-state index in [1.54, 1.807) is 43.0 Å². The summed E-state index contributed by atoms with van der Waals surface area (Å²) in [6.45, 7) is 1.89. The van der Waals surface area contributed by atoms with Crippen LogP contribution in [0.1, 0.15) is 29.5 Å². The molecule has 0 radical (unpaired) electrons. The minimum atomic E-state index is -1.37. The lowest BCUT2D eigenvalue weighted by Gasteiger charge is -2.39. The number of amides is 4. The average Bonchev–Trinajstić information content (AvgIpc) is 2.80. The molecule has 4 rings (SSSR count). The Hall–Kier alpha value is -3.87. The Bertz CT molecular complexity index is 1090. The topological polar surface area (TPSA) is 92.3 Å². The number of hydrogen-bond acceptors (Lipinski definition) is 5. The van der Waals surface area contributed by atoms with Gasteiger partial charge >= 0.3 is 6.03 Å². The second-order valence-corrected chi connectivity index (χ2v) is 8.03. The molecule has 0 atom stereocenters. The highest BCUT2D eigenvalue weighted by Crippen LogP contribution is 2.37. The van der Waals surface area contributed by atoms with Gasteiger partial charge in [0.25, 0.3) is 5.91 Å². The van der Waals surface area contributed by atoms with E-state index < -0.39 is 23.3 Å². The molecule has 1 aromatic carbocycles. The molecule has 32 heavy (non-hydrogen) atoms. The number of hydrogen-bond donors (Lipinski definition) is 1. The van der Waals surface area contributed by atoms with Crippen molar-refractivity contribution < 1.29 is 14.4 Å². The monoisotopic (exact) mass is 428 g/mol. The van der Waals surface area contributed by atoms with Gasteiger partial charge in [-0.3, -0.25) is 24.9 Å². The molecule has 2 aromatic heterocycles. The second-order valence-electron chi connectivity index (χ2n) is 8.03. The maximum atomic E-state index is 13.8. The van der Waals surface area contributed by atoms with E-state index in [2.05, 4.69) is 15.3 Å². The van der Waals surface area contributed by atoms with Crippen LogP contribution in [0.2, 0.25) is 0 Å². The molecule has 3 aromatic rings. The predicted molar refractivity (Wildman–Crippen MR) is 120 cm³/mol. The van der Waals surface area contributed by atoms with Crippen molar-refractivity contribution in [1.29, 1.82) is 0 Å². The molecule has 1 N–H and O–H groups in total. The van der Waals surface area contributed by atoms with E-state index >= 15 is 0 Å². The van der Waals surface area contributed by atoms with E-state index in [0.717, 1.165) is 21.6 Å². The van der Waals surface area contributed by atoms with Crippen molar-refractivity contribution in [1.82, 2.24) is 15.3 Å². The molecule has 1 aliphatic heterocycles. The predicted octanol–water partition coefficient (Wildman–Crippen LogP) is 3.62. The maximum absolute atomic E-state index is 13.8. The van der Waals surface area contributed by atoms with Crippen LogP contribution in [0.25, 0.3) is 0 Å². The van der Waals surface area contributed by atoms with Crippen molar-refractivity contribution >= 4 is 23.5 Å². The number of carbonyl (C=O) groups is 3. The summed E-state index contributed by atoms with van der Waals surface area (Å²) in [5, 5.41) is 2.44. The van der Waals surface area contributed by atoms with Gasteiger partial charge in [-0.05, 0) is 85.7 Å². The Morgan fingerprint density at radius 2 is 1.41 bits per heavy atom. The third-order valence-corrected chi connectivity index (χ3v) is 5.91.